The predicted molar refractivity (Wildman–Crippen MR) is 83.2 cm³/mol. The number of nitrogens with zero attached hydrogens (tertiary/aromatic N) is 3. The van der Waals surface area contributed by atoms with Crippen LogP contribution in [0.4, 0.5) is 5.69 Å². The first kappa shape index (κ1) is 15.6. The highest BCUT2D eigenvalue weighted by molar-refractivity contribution is 7.89. The van der Waals surface area contributed by atoms with Gasteiger partial charge in [0.15, 0.2) is 4.90 Å². The van der Waals surface area contributed by atoms with Crippen LogP contribution in [0.25, 0.3) is 0 Å². The number of pyridine rings is 1. The molecule has 0 N–H and O–H groups in total. The van der Waals surface area contributed by atoms with Crippen molar-refractivity contribution in [3.05, 3.63) is 64.5 Å². The summed E-state index contributed by atoms with van der Waals surface area (Å²) in [6, 6.07) is 8.69. The van der Waals surface area contributed by atoms with Crippen molar-refractivity contribution in [2.75, 3.05) is 6.54 Å². The zero-order valence-corrected chi connectivity index (χ0v) is 13.0. The summed E-state index contributed by atoms with van der Waals surface area (Å²) in [4.78, 5) is 14.2. The average Bonchev–Trinajstić information content (AvgIpc) is 3.06. The second-order valence-electron chi connectivity index (χ2n) is 5.28. The summed E-state index contributed by atoms with van der Waals surface area (Å²) in [5.41, 5.74) is 0.451. The van der Waals surface area contributed by atoms with Crippen LogP contribution in [0, 0.1) is 10.1 Å². The zero-order valence-electron chi connectivity index (χ0n) is 12.2. The first-order valence-electron chi connectivity index (χ1n) is 7.17. The van der Waals surface area contributed by atoms with E-state index in [9.17, 15) is 18.5 Å². The Morgan fingerprint density at radius 3 is 2.57 bits per heavy atom. The van der Waals surface area contributed by atoms with Gasteiger partial charge in [0.25, 0.3) is 5.69 Å². The van der Waals surface area contributed by atoms with Gasteiger partial charge in [0, 0.05) is 25.0 Å². The standard InChI is InChI=1S/C15H15N3O4S/c19-18(20)14-4-1-2-6-15(14)23(21,22)17-11-3-5-13(17)12-7-9-16-10-8-12/h1-2,4,6-10,13H,3,5,11H2/t13-/m1/s1. The van der Waals surface area contributed by atoms with Gasteiger partial charge in [-0.15, -0.1) is 0 Å². The first-order valence-corrected chi connectivity index (χ1v) is 8.61. The van der Waals surface area contributed by atoms with Crippen molar-refractivity contribution in [2.24, 2.45) is 0 Å². The molecule has 0 radical (unpaired) electrons. The van der Waals surface area contributed by atoms with E-state index in [0.29, 0.717) is 19.4 Å². The van der Waals surface area contributed by atoms with E-state index in [4.69, 9.17) is 0 Å². The molecule has 1 aliphatic heterocycles. The Balaban J connectivity index is 2.05. The number of aromatic nitrogens is 1. The van der Waals surface area contributed by atoms with E-state index in [0.717, 1.165) is 5.56 Å². The van der Waals surface area contributed by atoms with E-state index in [-0.39, 0.29) is 10.9 Å². The maximum Gasteiger partial charge on any atom is 0.289 e. The van der Waals surface area contributed by atoms with E-state index in [1.54, 1.807) is 24.5 Å². The largest absolute Gasteiger partial charge is 0.289 e. The van der Waals surface area contributed by atoms with Crippen molar-refractivity contribution in [3.8, 4) is 0 Å². The molecule has 0 amide bonds. The molecular formula is C15H15N3O4S. The Labute approximate surface area is 133 Å². The summed E-state index contributed by atoms with van der Waals surface area (Å²) in [6.07, 6.45) is 4.63. The smallest absolute Gasteiger partial charge is 0.265 e. The van der Waals surface area contributed by atoms with Crippen LogP contribution in [0.5, 0.6) is 0 Å². The molecule has 0 saturated carbocycles. The second kappa shape index (κ2) is 6.05. The SMILES string of the molecule is O=[N+]([O-])c1ccccc1S(=O)(=O)N1CCC[C@@H]1c1ccncc1. The molecule has 0 aliphatic carbocycles. The molecule has 3 rings (SSSR count). The quantitative estimate of drug-likeness (QED) is 0.633. The first-order chi connectivity index (χ1) is 11.0. The third kappa shape index (κ3) is 2.82. The average molecular weight is 333 g/mol. The molecule has 0 spiro atoms. The van der Waals surface area contributed by atoms with Gasteiger partial charge in [-0.3, -0.25) is 15.1 Å². The molecule has 1 fully saturated rings. The van der Waals surface area contributed by atoms with E-state index in [1.165, 1.54) is 28.6 Å². The minimum Gasteiger partial charge on any atom is -0.265 e. The maximum atomic E-state index is 12.9. The van der Waals surface area contributed by atoms with E-state index in [2.05, 4.69) is 4.98 Å². The Hall–Kier alpha value is -2.32. The summed E-state index contributed by atoms with van der Waals surface area (Å²) in [7, 11) is -3.94. The summed E-state index contributed by atoms with van der Waals surface area (Å²) >= 11 is 0. The van der Waals surface area contributed by atoms with E-state index >= 15 is 0 Å². The fraction of sp³-hybridized carbons (Fsp3) is 0.267. The molecule has 8 heteroatoms. The minimum absolute atomic E-state index is 0.258. The van der Waals surface area contributed by atoms with Gasteiger partial charge >= 0.3 is 0 Å². The van der Waals surface area contributed by atoms with Crippen LogP contribution in [-0.4, -0.2) is 29.2 Å². The van der Waals surface area contributed by atoms with Crippen molar-refractivity contribution in [1.29, 1.82) is 0 Å². The second-order valence-corrected chi connectivity index (χ2v) is 7.14. The van der Waals surface area contributed by atoms with Crippen molar-refractivity contribution < 1.29 is 13.3 Å². The molecule has 1 aromatic carbocycles. The Kier molecular flexibility index (Phi) is 4.10. The summed E-state index contributed by atoms with van der Waals surface area (Å²) < 4.78 is 27.3. The van der Waals surface area contributed by atoms with Crippen LogP contribution in [-0.2, 0) is 10.0 Å². The number of hydrogen-bond acceptors (Lipinski definition) is 5. The molecule has 2 heterocycles. The summed E-state index contributed by atoms with van der Waals surface area (Å²) in [5.74, 6) is 0. The van der Waals surface area contributed by atoms with Crippen LogP contribution >= 0.6 is 0 Å². The van der Waals surface area contributed by atoms with Crippen LogP contribution in [0.1, 0.15) is 24.4 Å². The molecule has 1 atom stereocenters. The van der Waals surface area contributed by atoms with Gasteiger partial charge in [-0.25, -0.2) is 8.42 Å². The number of rotatable bonds is 4. The normalized spacial score (nSPS) is 18.9. The van der Waals surface area contributed by atoms with Crippen LogP contribution in [0.15, 0.2) is 53.7 Å². The topological polar surface area (TPSA) is 93.4 Å². The van der Waals surface area contributed by atoms with E-state index in [1.807, 2.05) is 0 Å². The summed E-state index contributed by atoms with van der Waals surface area (Å²) in [5, 5.41) is 11.1. The number of para-hydroxylation sites is 1. The van der Waals surface area contributed by atoms with Crippen LogP contribution in [0.3, 0.4) is 0 Å². The van der Waals surface area contributed by atoms with Gasteiger partial charge in [0.2, 0.25) is 10.0 Å². The molecule has 2 aromatic rings. The lowest BCUT2D eigenvalue weighted by atomic mass is 10.1. The zero-order chi connectivity index (χ0) is 16.4. The van der Waals surface area contributed by atoms with Gasteiger partial charge in [-0.05, 0) is 36.6 Å². The van der Waals surface area contributed by atoms with Gasteiger partial charge < -0.3 is 0 Å². The fourth-order valence-corrected chi connectivity index (χ4v) is 4.74. The Morgan fingerprint density at radius 1 is 1.17 bits per heavy atom. The van der Waals surface area contributed by atoms with Crippen LogP contribution in [0.2, 0.25) is 0 Å². The van der Waals surface area contributed by atoms with Gasteiger partial charge in [-0.2, -0.15) is 4.31 Å². The van der Waals surface area contributed by atoms with Crippen LogP contribution < -0.4 is 0 Å². The van der Waals surface area contributed by atoms with Gasteiger partial charge in [0.05, 0.1) is 11.0 Å². The third-order valence-corrected chi connectivity index (χ3v) is 5.90. The number of nitro benzene ring substituents is 1. The lowest BCUT2D eigenvalue weighted by Gasteiger charge is -2.24. The molecule has 1 aliphatic rings. The highest BCUT2D eigenvalue weighted by Gasteiger charge is 2.39. The third-order valence-electron chi connectivity index (χ3n) is 3.94. The van der Waals surface area contributed by atoms with Gasteiger partial charge in [-0.1, -0.05) is 12.1 Å². The number of hydrogen-bond donors (Lipinski definition) is 0. The molecule has 23 heavy (non-hydrogen) atoms. The Bertz CT molecular complexity index is 824. The molecule has 120 valence electrons. The molecule has 0 bridgehead atoms. The molecular weight excluding hydrogens is 318 g/mol. The highest BCUT2D eigenvalue weighted by Crippen LogP contribution is 2.38. The highest BCUT2D eigenvalue weighted by atomic mass is 32.2. The molecule has 1 aromatic heterocycles. The molecule has 1 saturated heterocycles. The number of nitro groups is 1. The van der Waals surface area contributed by atoms with Crippen molar-refractivity contribution in [3.63, 3.8) is 0 Å². The van der Waals surface area contributed by atoms with Gasteiger partial charge in [0.1, 0.15) is 0 Å². The summed E-state index contributed by atoms with van der Waals surface area (Å²) in [6.45, 7) is 0.349. The van der Waals surface area contributed by atoms with Crippen molar-refractivity contribution in [1.82, 2.24) is 9.29 Å². The maximum absolute atomic E-state index is 12.9. The van der Waals surface area contributed by atoms with Crippen molar-refractivity contribution in [2.45, 2.75) is 23.8 Å². The predicted octanol–water partition coefficient (Wildman–Crippen LogP) is 2.52. The molecule has 0 unspecified atom stereocenters. The molecule has 7 nitrogen and oxygen atoms in total. The number of sulfonamides is 1. The Morgan fingerprint density at radius 2 is 1.87 bits per heavy atom. The minimum atomic E-state index is -3.94. The fourth-order valence-electron chi connectivity index (χ4n) is 2.90. The monoisotopic (exact) mass is 333 g/mol. The van der Waals surface area contributed by atoms with E-state index < -0.39 is 20.6 Å². The lowest BCUT2D eigenvalue weighted by molar-refractivity contribution is -0.387. The van der Waals surface area contributed by atoms with Crippen molar-refractivity contribution >= 4 is 15.7 Å². The number of benzene rings is 1. The lowest BCUT2D eigenvalue weighted by Crippen LogP contribution is -2.31.